The minimum Gasteiger partial charge on any atom is -0.303 e. The molecule has 1 aliphatic heterocycles. The van der Waals surface area contributed by atoms with Crippen molar-refractivity contribution < 1.29 is 4.39 Å². The normalized spacial score (nSPS) is 18.1. The van der Waals surface area contributed by atoms with Gasteiger partial charge in [0.15, 0.2) is 10.6 Å². The summed E-state index contributed by atoms with van der Waals surface area (Å²) in [7, 11) is 1.84. The predicted molar refractivity (Wildman–Crippen MR) is 100 cm³/mol. The molecule has 25 heavy (non-hydrogen) atoms. The molecule has 0 radical (unpaired) electrons. The van der Waals surface area contributed by atoms with Gasteiger partial charge in [0.1, 0.15) is 5.82 Å². The molecule has 0 bridgehead atoms. The largest absolute Gasteiger partial charge is 0.303 e. The number of thiophene rings is 1. The van der Waals surface area contributed by atoms with Gasteiger partial charge in [0.2, 0.25) is 0 Å². The van der Waals surface area contributed by atoms with Crippen LogP contribution in [0.3, 0.4) is 0 Å². The van der Waals surface area contributed by atoms with Gasteiger partial charge in [-0.25, -0.2) is 9.07 Å². The molecular weight excluding hydrogens is 355 g/mol. The molecule has 1 unspecified atom stereocenters. The van der Waals surface area contributed by atoms with Gasteiger partial charge in [-0.05, 0) is 48.6 Å². The molecule has 4 nitrogen and oxygen atoms in total. The van der Waals surface area contributed by atoms with Gasteiger partial charge in [-0.2, -0.15) is 5.10 Å². The van der Waals surface area contributed by atoms with Gasteiger partial charge in [-0.1, -0.05) is 18.2 Å². The number of benzene rings is 1. The van der Waals surface area contributed by atoms with Crippen LogP contribution >= 0.6 is 23.6 Å². The summed E-state index contributed by atoms with van der Waals surface area (Å²) in [5, 5.41) is 6.74. The smallest absolute Gasteiger partial charge is 0.199 e. The number of rotatable bonds is 4. The molecule has 0 amide bonds. The Morgan fingerprint density at radius 1 is 1.28 bits per heavy atom. The number of halogens is 1. The first-order valence-electron chi connectivity index (χ1n) is 8.31. The fourth-order valence-corrected chi connectivity index (χ4v) is 4.51. The molecule has 1 fully saturated rings. The molecule has 3 heterocycles. The summed E-state index contributed by atoms with van der Waals surface area (Å²) in [4.78, 5) is 3.79. The van der Waals surface area contributed by atoms with Crippen molar-refractivity contribution in [2.75, 3.05) is 6.54 Å². The van der Waals surface area contributed by atoms with E-state index in [1.807, 2.05) is 17.8 Å². The number of likely N-dealkylation sites (tertiary alicyclic amines) is 1. The van der Waals surface area contributed by atoms with E-state index in [9.17, 15) is 4.39 Å². The van der Waals surface area contributed by atoms with Gasteiger partial charge in [0, 0.05) is 24.5 Å². The van der Waals surface area contributed by atoms with E-state index in [1.165, 1.54) is 17.4 Å². The molecule has 1 aromatic carbocycles. The van der Waals surface area contributed by atoms with E-state index < -0.39 is 0 Å². The van der Waals surface area contributed by atoms with Crippen LogP contribution in [0.4, 0.5) is 4.39 Å². The summed E-state index contributed by atoms with van der Waals surface area (Å²) in [5.74, 6) is 0.283. The van der Waals surface area contributed by atoms with E-state index in [-0.39, 0.29) is 5.82 Å². The second-order valence-corrected chi connectivity index (χ2v) is 7.62. The average Bonchev–Trinajstić information content (AvgIpc) is 3.33. The Labute approximate surface area is 155 Å². The SMILES string of the molecule is Cn1c(-c2ccccc2F)nn(CN2CCCC2c2cccs2)c1=S. The quantitative estimate of drug-likeness (QED) is 0.624. The van der Waals surface area contributed by atoms with E-state index in [1.54, 1.807) is 28.0 Å². The first kappa shape index (κ1) is 16.6. The molecule has 1 aliphatic rings. The molecular formula is C18H19FN4S2. The first-order valence-corrected chi connectivity index (χ1v) is 9.60. The highest BCUT2D eigenvalue weighted by Gasteiger charge is 2.27. The molecule has 130 valence electrons. The van der Waals surface area contributed by atoms with Crippen LogP contribution in [-0.2, 0) is 13.7 Å². The van der Waals surface area contributed by atoms with Crippen LogP contribution in [0, 0.1) is 10.6 Å². The first-order chi connectivity index (χ1) is 12.1. The number of hydrogen-bond donors (Lipinski definition) is 0. The minimum absolute atomic E-state index is 0.282. The molecule has 0 saturated carbocycles. The van der Waals surface area contributed by atoms with Crippen molar-refractivity contribution in [2.24, 2.45) is 7.05 Å². The molecule has 0 N–H and O–H groups in total. The number of hydrogen-bond acceptors (Lipinski definition) is 4. The Balaban J connectivity index is 1.65. The maximum Gasteiger partial charge on any atom is 0.199 e. The summed E-state index contributed by atoms with van der Waals surface area (Å²) in [6.07, 6.45) is 2.32. The van der Waals surface area contributed by atoms with E-state index in [2.05, 4.69) is 27.5 Å². The van der Waals surface area contributed by atoms with E-state index in [0.717, 1.165) is 13.0 Å². The topological polar surface area (TPSA) is 26.0 Å². The van der Waals surface area contributed by atoms with Crippen LogP contribution in [0.1, 0.15) is 23.8 Å². The lowest BCUT2D eigenvalue weighted by Gasteiger charge is -2.23. The fraction of sp³-hybridized carbons (Fsp3) is 0.333. The summed E-state index contributed by atoms with van der Waals surface area (Å²) in [5.41, 5.74) is 0.478. The maximum atomic E-state index is 14.1. The standard InChI is InChI=1S/C18H19FN4S2/c1-21-17(13-6-2-3-7-14(13)19)20-23(18(21)24)12-22-10-4-8-15(22)16-9-5-11-25-16/h2-3,5-7,9,11,15H,4,8,10,12H2,1H3. The summed E-state index contributed by atoms with van der Waals surface area (Å²) >= 11 is 7.34. The molecule has 4 rings (SSSR count). The highest BCUT2D eigenvalue weighted by atomic mass is 32.1. The molecule has 2 aromatic heterocycles. The highest BCUT2D eigenvalue weighted by Crippen LogP contribution is 2.34. The van der Waals surface area contributed by atoms with Crippen molar-refractivity contribution in [1.29, 1.82) is 0 Å². The van der Waals surface area contributed by atoms with Crippen molar-refractivity contribution in [2.45, 2.75) is 25.6 Å². The van der Waals surface area contributed by atoms with Gasteiger partial charge in [0.05, 0.1) is 12.2 Å². The molecule has 3 aromatic rings. The summed E-state index contributed by atoms with van der Waals surface area (Å²) in [6, 6.07) is 11.4. The van der Waals surface area contributed by atoms with Crippen LogP contribution in [0.25, 0.3) is 11.4 Å². The van der Waals surface area contributed by atoms with Crippen molar-refractivity contribution in [3.05, 3.63) is 57.2 Å². The Morgan fingerprint density at radius 2 is 2.12 bits per heavy atom. The van der Waals surface area contributed by atoms with Crippen LogP contribution in [0.5, 0.6) is 0 Å². The monoisotopic (exact) mass is 374 g/mol. The lowest BCUT2D eigenvalue weighted by Crippen LogP contribution is -2.26. The zero-order chi connectivity index (χ0) is 17.4. The van der Waals surface area contributed by atoms with Crippen molar-refractivity contribution in [1.82, 2.24) is 19.2 Å². The zero-order valence-electron chi connectivity index (χ0n) is 13.9. The van der Waals surface area contributed by atoms with Crippen LogP contribution < -0.4 is 0 Å². The third-order valence-electron chi connectivity index (χ3n) is 4.71. The van der Waals surface area contributed by atoms with Gasteiger partial charge < -0.3 is 4.57 Å². The van der Waals surface area contributed by atoms with Crippen LogP contribution in [0.2, 0.25) is 0 Å². The lowest BCUT2D eigenvalue weighted by atomic mass is 10.2. The van der Waals surface area contributed by atoms with Gasteiger partial charge in [-0.3, -0.25) is 4.90 Å². The summed E-state index contributed by atoms with van der Waals surface area (Å²) in [6.45, 7) is 1.65. The van der Waals surface area contributed by atoms with Crippen molar-refractivity contribution >= 4 is 23.6 Å². The third-order valence-corrected chi connectivity index (χ3v) is 6.16. The van der Waals surface area contributed by atoms with E-state index >= 15 is 0 Å². The van der Waals surface area contributed by atoms with E-state index in [4.69, 9.17) is 12.2 Å². The Morgan fingerprint density at radius 3 is 2.88 bits per heavy atom. The molecule has 1 atom stereocenters. The predicted octanol–water partition coefficient (Wildman–Crippen LogP) is 4.61. The third kappa shape index (κ3) is 3.07. The second kappa shape index (κ2) is 6.82. The zero-order valence-corrected chi connectivity index (χ0v) is 15.6. The number of aromatic nitrogens is 3. The van der Waals surface area contributed by atoms with Crippen molar-refractivity contribution in [3.8, 4) is 11.4 Å². The van der Waals surface area contributed by atoms with Crippen molar-refractivity contribution in [3.63, 3.8) is 0 Å². The maximum absolute atomic E-state index is 14.1. The minimum atomic E-state index is -0.282. The molecule has 1 saturated heterocycles. The molecule has 0 spiro atoms. The molecule has 7 heteroatoms. The summed E-state index contributed by atoms with van der Waals surface area (Å²) < 4.78 is 18.3. The van der Waals surface area contributed by atoms with Gasteiger partial charge in [-0.15, -0.1) is 11.3 Å². The Hall–Kier alpha value is -1.83. The average molecular weight is 375 g/mol. The number of nitrogens with zero attached hydrogens (tertiary/aromatic N) is 4. The lowest BCUT2D eigenvalue weighted by molar-refractivity contribution is 0.192. The second-order valence-electron chi connectivity index (χ2n) is 6.27. The molecule has 0 aliphatic carbocycles. The Kier molecular flexibility index (Phi) is 4.54. The highest BCUT2D eigenvalue weighted by molar-refractivity contribution is 7.71. The Bertz CT molecular complexity index is 929. The van der Waals surface area contributed by atoms with Crippen LogP contribution in [0.15, 0.2) is 41.8 Å². The van der Waals surface area contributed by atoms with Gasteiger partial charge in [0.25, 0.3) is 0 Å². The van der Waals surface area contributed by atoms with E-state index in [0.29, 0.717) is 28.9 Å². The van der Waals surface area contributed by atoms with Gasteiger partial charge >= 0.3 is 0 Å². The van der Waals surface area contributed by atoms with Crippen LogP contribution in [-0.4, -0.2) is 25.8 Å². The fourth-order valence-electron chi connectivity index (χ4n) is 3.43.